The van der Waals surface area contributed by atoms with Gasteiger partial charge in [0.1, 0.15) is 5.60 Å². The van der Waals surface area contributed by atoms with Crippen molar-refractivity contribution in [3.05, 3.63) is 77.4 Å². The Hall–Kier alpha value is -1.95. The number of sulfonamides is 1. The molecule has 0 aliphatic carbocycles. The van der Waals surface area contributed by atoms with E-state index in [1.54, 1.807) is 16.4 Å². The van der Waals surface area contributed by atoms with Gasteiger partial charge in [0.25, 0.3) is 0 Å². The Balaban J connectivity index is 1.80. The van der Waals surface area contributed by atoms with Crippen LogP contribution in [0.1, 0.15) is 36.5 Å². The van der Waals surface area contributed by atoms with Crippen LogP contribution in [-0.2, 0) is 27.0 Å². The summed E-state index contributed by atoms with van der Waals surface area (Å²) in [5.41, 5.74) is 2.65. The molecule has 0 N–H and O–H groups in total. The van der Waals surface area contributed by atoms with Crippen LogP contribution in [0.25, 0.3) is 0 Å². The van der Waals surface area contributed by atoms with Crippen LogP contribution in [0.5, 0.6) is 0 Å². The summed E-state index contributed by atoms with van der Waals surface area (Å²) in [5, 5.41) is 0. The topological polar surface area (TPSA) is 46.6 Å². The zero-order valence-electron chi connectivity index (χ0n) is 15.8. The van der Waals surface area contributed by atoms with Gasteiger partial charge in [-0.05, 0) is 43.5 Å². The summed E-state index contributed by atoms with van der Waals surface area (Å²) in [6.07, 6.45) is 5.57. The molecule has 0 aromatic heterocycles. The third-order valence-electron chi connectivity index (χ3n) is 5.80. The van der Waals surface area contributed by atoms with E-state index in [4.69, 9.17) is 4.74 Å². The second-order valence-electron chi connectivity index (χ2n) is 7.40. The fourth-order valence-corrected chi connectivity index (χ4v) is 5.89. The van der Waals surface area contributed by atoms with Crippen molar-refractivity contribution in [2.45, 2.75) is 49.8 Å². The van der Waals surface area contributed by atoms with E-state index in [1.165, 1.54) is 0 Å². The minimum Gasteiger partial charge on any atom is -0.364 e. The molecule has 4 rings (SSSR count). The Labute approximate surface area is 161 Å². The Morgan fingerprint density at radius 1 is 1.07 bits per heavy atom. The maximum Gasteiger partial charge on any atom is 0.243 e. The molecular formula is C22H25NO3S. The summed E-state index contributed by atoms with van der Waals surface area (Å²) < 4.78 is 34.9. The van der Waals surface area contributed by atoms with Gasteiger partial charge in [-0.15, -0.1) is 0 Å². The fourth-order valence-electron chi connectivity index (χ4n) is 4.21. The summed E-state index contributed by atoms with van der Waals surface area (Å²) in [5.74, 6) is 0. The molecule has 0 bridgehead atoms. The Morgan fingerprint density at radius 2 is 1.81 bits per heavy atom. The molecule has 4 nitrogen and oxygen atoms in total. The van der Waals surface area contributed by atoms with Crippen molar-refractivity contribution >= 4 is 10.0 Å². The van der Waals surface area contributed by atoms with Crippen molar-refractivity contribution in [1.29, 1.82) is 0 Å². The monoisotopic (exact) mass is 383 g/mol. The van der Waals surface area contributed by atoms with Gasteiger partial charge in [-0.2, -0.15) is 4.31 Å². The maximum atomic E-state index is 13.5. The van der Waals surface area contributed by atoms with Gasteiger partial charge in [0, 0.05) is 13.0 Å². The second-order valence-corrected chi connectivity index (χ2v) is 9.29. The van der Waals surface area contributed by atoms with E-state index < -0.39 is 15.6 Å². The Morgan fingerprint density at radius 3 is 2.59 bits per heavy atom. The molecule has 2 atom stereocenters. The third kappa shape index (κ3) is 3.04. The van der Waals surface area contributed by atoms with Crippen molar-refractivity contribution in [3.63, 3.8) is 0 Å². The Bertz CT molecular complexity index is 965. The molecule has 0 radical (unpaired) electrons. The van der Waals surface area contributed by atoms with Gasteiger partial charge in [0.05, 0.1) is 17.5 Å². The molecule has 2 heterocycles. The van der Waals surface area contributed by atoms with Crippen LogP contribution < -0.4 is 0 Å². The summed E-state index contributed by atoms with van der Waals surface area (Å²) >= 11 is 0. The van der Waals surface area contributed by atoms with E-state index >= 15 is 0 Å². The molecule has 0 fully saturated rings. The van der Waals surface area contributed by atoms with Crippen LogP contribution in [0.2, 0.25) is 0 Å². The van der Waals surface area contributed by atoms with Gasteiger partial charge in [0.2, 0.25) is 10.0 Å². The number of ether oxygens (including phenoxy) is 1. The lowest BCUT2D eigenvalue weighted by atomic mass is 9.82. The number of hydrogen-bond donors (Lipinski definition) is 0. The number of aryl methyl sites for hydroxylation is 1. The lowest BCUT2D eigenvalue weighted by Crippen LogP contribution is -2.52. The highest BCUT2D eigenvalue weighted by atomic mass is 32.2. The number of benzene rings is 2. The van der Waals surface area contributed by atoms with Gasteiger partial charge in [-0.1, -0.05) is 54.1 Å². The summed E-state index contributed by atoms with van der Waals surface area (Å²) in [7, 11) is -3.61. The predicted molar refractivity (Wildman–Crippen MR) is 106 cm³/mol. The van der Waals surface area contributed by atoms with E-state index in [-0.39, 0.29) is 6.04 Å². The van der Waals surface area contributed by atoms with Gasteiger partial charge >= 0.3 is 0 Å². The number of nitrogens with zero attached hydrogens (tertiary/aromatic N) is 1. The van der Waals surface area contributed by atoms with Crippen molar-refractivity contribution in [3.8, 4) is 0 Å². The van der Waals surface area contributed by atoms with E-state index in [9.17, 15) is 8.42 Å². The zero-order chi connectivity index (χ0) is 19.1. The molecule has 0 saturated heterocycles. The first kappa shape index (κ1) is 18.4. The molecule has 0 unspecified atom stereocenters. The van der Waals surface area contributed by atoms with Crippen LogP contribution in [-0.4, -0.2) is 25.3 Å². The first-order valence-electron chi connectivity index (χ1n) is 9.41. The van der Waals surface area contributed by atoms with Crippen molar-refractivity contribution in [1.82, 2.24) is 4.31 Å². The van der Waals surface area contributed by atoms with E-state index in [0.717, 1.165) is 16.7 Å². The first-order chi connectivity index (χ1) is 12.9. The average molecular weight is 384 g/mol. The molecule has 1 spiro atoms. The van der Waals surface area contributed by atoms with Crippen molar-refractivity contribution < 1.29 is 13.2 Å². The SMILES string of the molecule is Cc1ccc(S(=O)(=O)N2CC/C=C\C[C@]3(OCc4ccccc43)[C@@H]2C)cc1. The molecule has 2 aromatic rings. The fraction of sp³-hybridized carbons (Fsp3) is 0.364. The van der Waals surface area contributed by atoms with E-state index in [1.807, 2.05) is 38.1 Å². The molecule has 0 saturated carbocycles. The third-order valence-corrected chi connectivity index (χ3v) is 7.78. The van der Waals surface area contributed by atoms with Gasteiger partial charge in [-0.25, -0.2) is 8.42 Å². The van der Waals surface area contributed by atoms with Crippen LogP contribution in [0.3, 0.4) is 0 Å². The summed E-state index contributed by atoms with van der Waals surface area (Å²) in [6.45, 7) is 4.90. The highest BCUT2D eigenvalue weighted by Crippen LogP contribution is 2.45. The van der Waals surface area contributed by atoms with Crippen molar-refractivity contribution in [2.75, 3.05) is 6.54 Å². The molecule has 142 valence electrons. The second kappa shape index (κ2) is 6.89. The van der Waals surface area contributed by atoms with Gasteiger partial charge in [0.15, 0.2) is 0 Å². The predicted octanol–water partition coefficient (Wildman–Crippen LogP) is 4.15. The quantitative estimate of drug-likeness (QED) is 0.732. The summed E-state index contributed by atoms with van der Waals surface area (Å²) in [4.78, 5) is 0.339. The van der Waals surface area contributed by atoms with Crippen LogP contribution in [0, 0.1) is 6.92 Å². The minimum absolute atomic E-state index is 0.308. The first-order valence-corrected chi connectivity index (χ1v) is 10.8. The lowest BCUT2D eigenvalue weighted by Gasteiger charge is -2.42. The summed E-state index contributed by atoms with van der Waals surface area (Å²) in [6, 6.07) is 14.9. The number of rotatable bonds is 2. The normalized spacial score (nSPS) is 27.1. The standard InChI is InChI=1S/C22H25NO3S/c1-17-10-12-20(13-11-17)27(24,25)23-15-7-3-6-14-22(18(23)2)21-9-5-4-8-19(21)16-26-22/h3-6,8-13,18H,7,14-16H2,1-2H3/b6-3-/t18-,22-/m0/s1. The number of fused-ring (bicyclic) bond motifs is 2. The van der Waals surface area contributed by atoms with Gasteiger partial charge < -0.3 is 4.74 Å². The molecule has 0 amide bonds. The smallest absolute Gasteiger partial charge is 0.243 e. The van der Waals surface area contributed by atoms with Crippen molar-refractivity contribution in [2.24, 2.45) is 0 Å². The average Bonchev–Trinajstić information content (AvgIpc) is 3.03. The molecule has 2 aromatic carbocycles. The van der Waals surface area contributed by atoms with Crippen LogP contribution >= 0.6 is 0 Å². The molecule has 5 heteroatoms. The molecular weight excluding hydrogens is 358 g/mol. The van der Waals surface area contributed by atoms with Crippen LogP contribution in [0.15, 0.2) is 65.6 Å². The van der Waals surface area contributed by atoms with Crippen LogP contribution in [0.4, 0.5) is 0 Å². The Kier molecular flexibility index (Phi) is 4.70. The molecule has 27 heavy (non-hydrogen) atoms. The molecule has 2 aliphatic heterocycles. The number of hydrogen-bond acceptors (Lipinski definition) is 3. The largest absolute Gasteiger partial charge is 0.364 e. The van der Waals surface area contributed by atoms with E-state index in [2.05, 4.69) is 24.3 Å². The zero-order valence-corrected chi connectivity index (χ0v) is 16.6. The highest BCUT2D eigenvalue weighted by Gasteiger charge is 2.49. The minimum atomic E-state index is -3.61. The van der Waals surface area contributed by atoms with E-state index in [0.29, 0.717) is 30.9 Å². The highest BCUT2D eigenvalue weighted by molar-refractivity contribution is 7.89. The van der Waals surface area contributed by atoms with Gasteiger partial charge in [-0.3, -0.25) is 0 Å². The molecule has 2 aliphatic rings. The maximum absolute atomic E-state index is 13.5. The lowest BCUT2D eigenvalue weighted by molar-refractivity contribution is -0.0773.